The molecule has 6 heteroatoms. The monoisotopic (exact) mass is 344 g/mol. The lowest BCUT2D eigenvalue weighted by molar-refractivity contribution is -0.139. The van der Waals surface area contributed by atoms with Crippen LogP contribution in [0.1, 0.15) is 0 Å². The second-order valence-electron chi connectivity index (χ2n) is 5.47. The lowest BCUT2D eigenvalue weighted by Gasteiger charge is -2.26. The molecule has 0 spiro atoms. The van der Waals surface area contributed by atoms with E-state index in [9.17, 15) is 9.59 Å². The van der Waals surface area contributed by atoms with Crippen LogP contribution in [-0.4, -0.2) is 43.0 Å². The van der Waals surface area contributed by atoms with E-state index >= 15 is 0 Å². The summed E-state index contributed by atoms with van der Waals surface area (Å²) in [4.78, 5) is 24.9. The molecule has 3 rings (SSSR count). The second kappa shape index (κ2) is 7.36. The van der Waals surface area contributed by atoms with E-state index in [0.29, 0.717) is 23.9 Å². The summed E-state index contributed by atoms with van der Waals surface area (Å²) in [5.74, 6) is 0.0686. The Bertz CT molecular complexity index is 749. The van der Waals surface area contributed by atoms with E-state index in [1.54, 1.807) is 6.07 Å². The fourth-order valence-corrected chi connectivity index (χ4v) is 2.75. The Morgan fingerprint density at radius 3 is 2.67 bits per heavy atom. The van der Waals surface area contributed by atoms with Crippen molar-refractivity contribution in [3.63, 3.8) is 0 Å². The highest BCUT2D eigenvalue weighted by Gasteiger charge is 2.21. The van der Waals surface area contributed by atoms with E-state index in [0.717, 1.165) is 11.1 Å². The van der Waals surface area contributed by atoms with Gasteiger partial charge in [-0.3, -0.25) is 9.59 Å². The van der Waals surface area contributed by atoms with Gasteiger partial charge in [0.05, 0.1) is 11.6 Å². The first kappa shape index (κ1) is 16.3. The number of amides is 2. The molecule has 0 saturated carbocycles. The quantitative estimate of drug-likeness (QED) is 0.926. The van der Waals surface area contributed by atoms with E-state index in [-0.39, 0.29) is 25.0 Å². The van der Waals surface area contributed by atoms with E-state index in [1.807, 2.05) is 42.5 Å². The highest BCUT2D eigenvalue weighted by atomic mass is 35.5. The Labute approximate surface area is 145 Å². The minimum Gasteiger partial charge on any atom is -0.482 e. The maximum Gasteiger partial charge on any atom is 0.261 e. The van der Waals surface area contributed by atoms with Crippen LogP contribution in [-0.2, 0) is 9.59 Å². The summed E-state index contributed by atoms with van der Waals surface area (Å²) in [5.41, 5.74) is 2.04. The van der Waals surface area contributed by atoms with Gasteiger partial charge in [-0.15, -0.1) is 0 Å². The third-order valence-electron chi connectivity index (χ3n) is 3.78. The van der Waals surface area contributed by atoms with E-state index in [2.05, 4.69) is 5.32 Å². The average Bonchev–Trinajstić information content (AvgIpc) is 2.61. The molecule has 2 aromatic carbocycles. The molecule has 0 aliphatic carbocycles. The number of rotatable bonds is 4. The fraction of sp³-hybridized carbons (Fsp3) is 0.222. The highest BCUT2D eigenvalue weighted by Crippen LogP contribution is 2.30. The predicted octanol–water partition coefficient (Wildman–Crippen LogP) is 2.34. The molecule has 0 radical (unpaired) electrons. The molecule has 0 bridgehead atoms. The Kier molecular flexibility index (Phi) is 5.01. The number of carbonyl (C=O) groups excluding carboxylic acids is 2. The van der Waals surface area contributed by atoms with Gasteiger partial charge in [0.15, 0.2) is 6.61 Å². The molecule has 1 saturated heterocycles. The molecule has 0 atom stereocenters. The number of nitrogens with zero attached hydrogens (tertiary/aromatic N) is 1. The van der Waals surface area contributed by atoms with Gasteiger partial charge < -0.3 is 15.0 Å². The average molecular weight is 345 g/mol. The highest BCUT2D eigenvalue weighted by molar-refractivity contribution is 6.32. The van der Waals surface area contributed by atoms with Crippen LogP contribution >= 0.6 is 11.6 Å². The first-order valence-corrected chi connectivity index (χ1v) is 8.03. The van der Waals surface area contributed by atoms with Gasteiger partial charge in [0.1, 0.15) is 5.75 Å². The molecule has 0 unspecified atom stereocenters. The van der Waals surface area contributed by atoms with Crippen molar-refractivity contribution in [3.8, 4) is 16.9 Å². The number of hydrogen-bond acceptors (Lipinski definition) is 3. The summed E-state index contributed by atoms with van der Waals surface area (Å²) in [6, 6.07) is 15.3. The lowest BCUT2D eigenvalue weighted by Crippen LogP contribution is -2.51. The smallest absolute Gasteiger partial charge is 0.261 e. The molecular formula is C18H17ClN2O3. The fourth-order valence-electron chi connectivity index (χ4n) is 2.51. The van der Waals surface area contributed by atoms with Gasteiger partial charge in [0.25, 0.3) is 5.91 Å². The molecule has 1 aliphatic rings. The standard InChI is InChI=1S/C18H17ClN2O3/c19-15-10-14(13-4-2-1-3-5-13)6-7-16(15)24-12-18(23)21-9-8-20-17(22)11-21/h1-7,10H,8-9,11-12H2,(H,20,22). The van der Waals surface area contributed by atoms with Gasteiger partial charge in [0.2, 0.25) is 5.91 Å². The first-order chi connectivity index (χ1) is 11.6. The van der Waals surface area contributed by atoms with Gasteiger partial charge in [-0.25, -0.2) is 0 Å². The van der Waals surface area contributed by atoms with E-state index in [1.165, 1.54) is 4.90 Å². The summed E-state index contributed by atoms with van der Waals surface area (Å²) in [7, 11) is 0. The van der Waals surface area contributed by atoms with Crippen LogP contribution in [0.2, 0.25) is 5.02 Å². The summed E-state index contributed by atoms with van der Waals surface area (Å²) in [5, 5.41) is 3.12. The number of halogens is 1. The second-order valence-corrected chi connectivity index (χ2v) is 5.87. The predicted molar refractivity (Wildman–Crippen MR) is 92.0 cm³/mol. The molecule has 124 valence electrons. The van der Waals surface area contributed by atoms with Crippen LogP contribution in [0.25, 0.3) is 11.1 Å². The summed E-state index contributed by atoms with van der Waals surface area (Å²) >= 11 is 6.26. The largest absolute Gasteiger partial charge is 0.482 e. The van der Waals surface area contributed by atoms with Crippen LogP contribution in [0.4, 0.5) is 0 Å². The summed E-state index contributed by atoms with van der Waals surface area (Å²) < 4.78 is 5.52. The van der Waals surface area contributed by atoms with Crippen LogP contribution < -0.4 is 10.1 Å². The third-order valence-corrected chi connectivity index (χ3v) is 4.08. The summed E-state index contributed by atoms with van der Waals surface area (Å²) in [6.07, 6.45) is 0. The number of carbonyl (C=O) groups is 2. The van der Waals surface area contributed by atoms with Crippen molar-refractivity contribution in [2.75, 3.05) is 26.2 Å². The van der Waals surface area contributed by atoms with Crippen molar-refractivity contribution in [2.24, 2.45) is 0 Å². The third kappa shape index (κ3) is 3.86. The van der Waals surface area contributed by atoms with E-state index < -0.39 is 0 Å². The van der Waals surface area contributed by atoms with Gasteiger partial charge in [-0.2, -0.15) is 0 Å². The molecule has 2 amide bonds. The van der Waals surface area contributed by atoms with Crippen molar-refractivity contribution in [2.45, 2.75) is 0 Å². The Morgan fingerprint density at radius 2 is 1.96 bits per heavy atom. The number of benzene rings is 2. The molecule has 1 heterocycles. The van der Waals surface area contributed by atoms with Crippen molar-refractivity contribution < 1.29 is 14.3 Å². The maximum absolute atomic E-state index is 12.1. The Hall–Kier alpha value is -2.53. The molecule has 1 fully saturated rings. The molecule has 2 aromatic rings. The zero-order chi connectivity index (χ0) is 16.9. The zero-order valence-electron chi connectivity index (χ0n) is 13.0. The van der Waals surface area contributed by atoms with Gasteiger partial charge in [-0.1, -0.05) is 48.0 Å². The maximum atomic E-state index is 12.1. The lowest BCUT2D eigenvalue weighted by atomic mass is 10.1. The number of piperazine rings is 1. The Balaban J connectivity index is 1.63. The zero-order valence-corrected chi connectivity index (χ0v) is 13.8. The van der Waals surface area contributed by atoms with Crippen molar-refractivity contribution in [1.82, 2.24) is 10.2 Å². The van der Waals surface area contributed by atoms with Gasteiger partial charge >= 0.3 is 0 Å². The van der Waals surface area contributed by atoms with E-state index in [4.69, 9.17) is 16.3 Å². The van der Waals surface area contributed by atoms with Crippen LogP contribution in [0, 0.1) is 0 Å². The van der Waals surface area contributed by atoms with Crippen LogP contribution in [0.15, 0.2) is 48.5 Å². The van der Waals surface area contributed by atoms with Crippen LogP contribution in [0.5, 0.6) is 5.75 Å². The Morgan fingerprint density at radius 1 is 1.17 bits per heavy atom. The number of nitrogens with one attached hydrogen (secondary N) is 1. The van der Waals surface area contributed by atoms with Crippen molar-refractivity contribution in [1.29, 1.82) is 0 Å². The number of hydrogen-bond donors (Lipinski definition) is 1. The first-order valence-electron chi connectivity index (χ1n) is 7.66. The van der Waals surface area contributed by atoms with Crippen LogP contribution in [0.3, 0.4) is 0 Å². The van der Waals surface area contributed by atoms with Crippen molar-refractivity contribution >= 4 is 23.4 Å². The minimum absolute atomic E-state index is 0.0723. The number of ether oxygens (including phenoxy) is 1. The van der Waals surface area contributed by atoms with Gasteiger partial charge in [0, 0.05) is 13.1 Å². The molecule has 24 heavy (non-hydrogen) atoms. The van der Waals surface area contributed by atoms with Gasteiger partial charge in [-0.05, 0) is 23.3 Å². The van der Waals surface area contributed by atoms with Crippen molar-refractivity contribution in [3.05, 3.63) is 53.6 Å². The minimum atomic E-state index is -0.229. The molecule has 0 aromatic heterocycles. The molecular weight excluding hydrogens is 328 g/mol. The molecule has 1 N–H and O–H groups in total. The topological polar surface area (TPSA) is 58.6 Å². The normalized spacial score (nSPS) is 14.2. The molecule has 1 aliphatic heterocycles. The SMILES string of the molecule is O=C1CN(C(=O)COc2ccc(-c3ccccc3)cc2Cl)CCN1. The molecule has 5 nitrogen and oxygen atoms in total. The summed E-state index contributed by atoms with van der Waals surface area (Å²) in [6.45, 7) is 0.895.